The molecule has 0 aliphatic heterocycles. The second kappa shape index (κ2) is 4.77. The summed E-state index contributed by atoms with van der Waals surface area (Å²) >= 11 is 0. The van der Waals surface area contributed by atoms with Crippen LogP contribution < -0.4 is 5.73 Å². The Morgan fingerprint density at radius 1 is 1.57 bits per heavy atom. The van der Waals surface area contributed by atoms with Gasteiger partial charge in [0.2, 0.25) is 5.78 Å². The number of rotatable bonds is 5. The SMILES string of the molecule is C=C(CC)CC(=O)c1ccc(CN)o1. The van der Waals surface area contributed by atoms with Crippen molar-refractivity contribution >= 4 is 5.78 Å². The lowest BCUT2D eigenvalue weighted by atomic mass is 10.1. The van der Waals surface area contributed by atoms with Crippen LogP contribution in [-0.2, 0) is 6.54 Å². The van der Waals surface area contributed by atoms with Crippen LogP contribution in [0.3, 0.4) is 0 Å². The largest absolute Gasteiger partial charge is 0.457 e. The topological polar surface area (TPSA) is 56.2 Å². The maximum Gasteiger partial charge on any atom is 0.201 e. The van der Waals surface area contributed by atoms with Crippen LogP contribution in [0, 0.1) is 0 Å². The summed E-state index contributed by atoms with van der Waals surface area (Å²) in [6.45, 7) is 6.08. The third-order valence-electron chi connectivity index (χ3n) is 2.05. The van der Waals surface area contributed by atoms with Gasteiger partial charge in [-0.05, 0) is 18.6 Å². The molecule has 0 aliphatic carbocycles. The summed E-state index contributed by atoms with van der Waals surface area (Å²) in [5.74, 6) is 0.979. The van der Waals surface area contributed by atoms with E-state index in [1.807, 2.05) is 6.92 Å². The molecule has 0 aliphatic rings. The fraction of sp³-hybridized carbons (Fsp3) is 0.364. The maximum atomic E-state index is 11.5. The average molecular weight is 193 g/mol. The molecule has 0 spiro atoms. The zero-order valence-corrected chi connectivity index (χ0v) is 8.38. The highest BCUT2D eigenvalue weighted by molar-refractivity contribution is 5.94. The van der Waals surface area contributed by atoms with E-state index in [0.717, 1.165) is 12.0 Å². The van der Waals surface area contributed by atoms with Crippen molar-refractivity contribution in [3.8, 4) is 0 Å². The van der Waals surface area contributed by atoms with Gasteiger partial charge in [-0.15, -0.1) is 0 Å². The highest BCUT2D eigenvalue weighted by atomic mass is 16.3. The summed E-state index contributed by atoms with van der Waals surface area (Å²) in [6.07, 6.45) is 1.17. The first kappa shape index (κ1) is 10.7. The van der Waals surface area contributed by atoms with Gasteiger partial charge in [-0.3, -0.25) is 4.79 Å². The minimum atomic E-state index is -0.0310. The summed E-state index contributed by atoms with van der Waals surface area (Å²) in [5.41, 5.74) is 6.29. The van der Waals surface area contributed by atoms with Crippen molar-refractivity contribution in [3.63, 3.8) is 0 Å². The van der Waals surface area contributed by atoms with Crippen LogP contribution in [0.15, 0.2) is 28.7 Å². The molecule has 0 radical (unpaired) electrons. The quantitative estimate of drug-likeness (QED) is 0.576. The number of furan rings is 1. The van der Waals surface area contributed by atoms with Crippen molar-refractivity contribution in [2.24, 2.45) is 5.73 Å². The molecule has 0 fully saturated rings. The van der Waals surface area contributed by atoms with Crippen molar-refractivity contribution in [3.05, 3.63) is 35.8 Å². The first-order valence-corrected chi connectivity index (χ1v) is 4.66. The lowest BCUT2D eigenvalue weighted by molar-refractivity contribution is 0.0964. The van der Waals surface area contributed by atoms with Crippen molar-refractivity contribution in [2.45, 2.75) is 26.3 Å². The van der Waals surface area contributed by atoms with Gasteiger partial charge in [0, 0.05) is 6.42 Å². The predicted octanol–water partition coefficient (Wildman–Crippen LogP) is 2.28. The molecule has 0 saturated heterocycles. The van der Waals surface area contributed by atoms with Gasteiger partial charge in [0.15, 0.2) is 5.76 Å². The van der Waals surface area contributed by atoms with E-state index >= 15 is 0 Å². The third-order valence-corrected chi connectivity index (χ3v) is 2.05. The van der Waals surface area contributed by atoms with E-state index in [-0.39, 0.29) is 5.78 Å². The Bertz CT molecular complexity index is 339. The molecule has 3 heteroatoms. The molecule has 76 valence electrons. The van der Waals surface area contributed by atoms with Gasteiger partial charge in [-0.1, -0.05) is 19.1 Å². The van der Waals surface area contributed by atoms with E-state index in [4.69, 9.17) is 10.2 Å². The number of allylic oxidation sites excluding steroid dienone is 1. The Kier molecular flexibility index (Phi) is 3.65. The molecule has 0 bridgehead atoms. The first-order chi connectivity index (χ1) is 6.67. The minimum Gasteiger partial charge on any atom is -0.457 e. The summed E-state index contributed by atoms with van der Waals surface area (Å²) in [6, 6.07) is 3.38. The molecule has 14 heavy (non-hydrogen) atoms. The number of nitrogens with two attached hydrogens (primary N) is 1. The van der Waals surface area contributed by atoms with E-state index in [9.17, 15) is 4.79 Å². The highest BCUT2D eigenvalue weighted by Gasteiger charge is 2.11. The van der Waals surface area contributed by atoms with Crippen LogP contribution in [0.25, 0.3) is 0 Å². The Labute approximate surface area is 83.6 Å². The van der Waals surface area contributed by atoms with Crippen molar-refractivity contribution < 1.29 is 9.21 Å². The summed E-state index contributed by atoms with van der Waals surface area (Å²) in [4.78, 5) is 11.5. The zero-order valence-electron chi connectivity index (χ0n) is 8.38. The first-order valence-electron chi connectivity index (χ1n) is 4.66. The average Bonchev–Trinajstić information content (AvgIpc) is 2.65. The lowest BCUT2D eigenvalue weighted by Crippen LogP contribution is -1.98. The molecular formula is C11H15NO2. The standard InChI is InChI=1S/C11H15NO2/c1-3-8(2)6-10(13)11-5-4-9(7-12)14-11/h4-5H,2-3,6-7,12H2,1H3. The minimum absolute atomic E-state index is 0.0310. The number of hydrogen-bond donors (Lipinski definition) is 1. The summed E-state index contributed by atoms with van der Waals surface area (Å²) in [5, 5.41) is 0. The molecule has 0 unspecified atom stereocenters. The number of hydrogen-bond acceptors (Lipinski definition) is 3. The number of carbonyl (C=O) groups excluding carboxylic acids is 1. The fourth-order valence-electron chi connectivity index (χ4n) is 1.08. The molecule has 1 heterocycles. The second-order valence-corrected chi connectivity index (χ2v) is 3.17. The van der Waals surface area contributed by atoms with Crippen molar-refractivity contribution in [1.29, 1.82) is 0 Å². The molecule has 1 aromatic rings. The van der Waals surface area contributed by atoms with Gasteiger partial charge in [-0.2, -0.15) is 0 Å². The van der Waals surface area contributed by atoms with E-state index in [1.165, 1.54) is 0 Å². The number of carbonyl (C=O) groups is 1. The Morgan fingerprint density at radius 2 is 2.29 bits per heavy atom. The molecular weight excluding hydrogens is 178 g/mol. The van der Waals surface area contributed by atoms with Crippen LogP contribution >= 0.6 is 0 Å². The van der Waals surface area contributed by atoms with E-state index in [2.05, 4.69) is 6.58 Å². The molecule has 0 saturated carbocycles. The number of ketones is 1. The lowest BCUT2D eigenvalue weighted by Gasteiger charge is -1.98. The normalized spacial score (nSPS) is 10.1. The van der Waals surface area contributed by atoms with Crippen LogP contribution in [0.2, 0.25) is 0 Å². The van der Waals surface area contributed by atoms with Crippen LogP contribution in [-0.4, -0.2) is 5.78 Å². The fourth-order valence-corrected chi connectivity index (χ4v) is 1.08. The third kappa shape index (κ3) is 2.57. The predicted molar refractivity (Wildman–Crippen MR) is 55.0 cm³/mol. The van der Waals surface area contributed by atoms with E-state index in [1.54, 1.807) is 12.1 Å². The van der Waals surface area contributed by atoms with Gasteiger partial charge >= 0.3 is 0 Å². The van der Waals surface area contributed by atoms with Crippen LogP contribution in [0.4, 0.5) is 0 Å². The second-order valence-electron chi connectivity index (χ2n) is 3.17. The van der Waals surface area contributed by atoms with E-state index in [0.29, 0.717) is 24.5 Å². The van der Waals surface area contributed by atoms with Crippen LogP contribution in [0.1, 0.15) is 36.1 Å². The van der Waals surface area contributed by atoms with Gasteiger partial charge in [0.1, 0.15) is 5.76 Å². The molecule has 3 nitrogen and oxygen atoms in total. The van der Waals surface area contributed by atoms with Gasteiger partial charge in [0.25, 0.3) is 0 Å². The molecule has 1 aromatic heterocycles. The van der Waals surface area contributed by atoms with Crippen molar-refractivity contribution in [1.82, 2.24) is 0 Å². The van der Waals surface area contributed by atoms with Gasteiger partial charge in [0.05, 0.1) is 6.54 Å². The van der Waals surface area contributed by atoms with Crippen LogP contribution in [0.5, 0.6) is 0 Å². The smallest absolute Gasteiger partial charge is 0.201 e. The molecule has 1 rings (SSSR count). The van der Waals surface area contributed by atoms with Gasteiger partial charge in [-0.25, -0.2) is 0 Å². The molecule has 0 aromatic carbocycles. The summed E-state index contributed by atoms with van der Waals surface area (Å²) < 4.78 is 5.22. The summed E-state index contributed by atoms with van der Waals surface area (Å²) in [7, 11) is 0. The monoisotopic (exact) mass is 193 g/mol. The Hall–Kier alpha value is -1.35. The Morgan fingerprint density at radius 3 is 2.79 bits per heavy atom. The molecule has 2 N–H and O–H groups in total. The molecule has 0 amide bonds. The van der Waals surface area contributed by atoms with Crippen molar-refractivity contribution in [2.75, 3.05) is 0 Å². The molecule has 0 atom stereocenters. The zero-order chi connectivity index (χ0) is 10.6. The maximum absolute atomic E-state index is 11.5. The van der Waals surface area contributed by atoms with Gasteiger partial charge < -0.3 is 10.2 Å². The van der Waals surface area contributed by atoms with E-state index < -0.39 is 0 Å². The Balaban J connectivity index is 2.65. The highest BCUT2D eigenvalue weighted by Crippen LogP contribution is 2.13. The number of Topliss-reactive ketones (excluding diaryl/α,β-unsaturated/α-hetero) is 1.